The number of aliphatic hydroxyl groups excluding tert-OH is 1. The summed E-state index contributed by atoms with van der Waals surface area (Å²) in [4.78, 5) is 10.8. The lowest BCUT2D eigenvalue weighted by Crippen LogP contribution is -2.55. The third-order valence-electron chi connectivity index (χ3n) is 3.44. The number of aromatic carboxylic acids is 1. The molecule has 0 saturated heterocycles. The van der Waals surface area contributed by atoms with Crippen LogP contribution in [0.5, 0.6) is 0 Å². The Bertz CT molecular complexity index is 634. The van der Waals surface area contributed by atoms with Crippen LogP contribution >= 0.6 is 11.6 Å². The van der Waals surface area contributed by atoms with Crippen LogP contribution in [0.3, 0.4) is 0 Å². The van der Waals surface area contributed by atoms with Crippen molar-refractivity contribution in [1.29, 1.82) is 0 Å². The zero-order chi connectivity index (χ0) is 15.0. The molecule has 1 aliphatic rings. The summed E-state index contributed by atoms with van der Waals surface area (Å²) in [6, 6.07) is 3.48. The van der Waals surface area contributed by atoms with Crippen molar-refractivity contribution < 1.29 is 23.4 Å². The second-order valence-electron chi connectivity index (χ2n) is 4.84. The number of carboxylic acid groups (broad SMARTS) is 1. The van der Waals surface area contributed by atoms with E-state index in [1.54, 1.807) is 0 Å². The third-order valence-corrected chi connectivity index (χ3v) is 5.35. The van der Waals surface area contributed by atoms with Crippen LogP contribution in [0.25, 0.3) is 0 Å². The molecule has 0 amide bonds. The largest absolute Gasteiger partial charge is 0.478 e. The molecular formula is C12H14ClNO5S. The van der Waals surface area contributed by atoms with Gasteiger partial charge in [0.2, 0.25) is 10.0 Å². The molecule has 0 radical (unpaired) electrons. The lowest BCUT2D eigenvalue weighted by atomic mass is 9.78. The van der Waals surface area contributed by atoms with Crippen molar-refractivity contribution in [2.45, 2.75) is 29.7 Å². The SMILES string of the molecule is O=C(O)c1cc(S(=O)(=O)NC2(CO)CCC2)ccc1Cl. The van der Waals surface area contributed by atoms with Crippen LogP contribution in [0.4, 0.5) is 0 Å². The zero-order valence-corrected chi connectivity index (χ0v) is 12.0. The summed E-state index contributed by atoms with van der Waals surface area (Å²) in [5.41, 5.74) is -1.11. The van der Waals surface area contributed by atoms with Gasteiger partial charge in [0.05, 0.1) is 27.6 Å². The number of aliphatic hydroxyl groups is 1. The molecule has 0 bridgehead atoms. The Morgan fingerprint density at radius 2 is 2.05 bits per heavy atom. The van der Waals surface area contributed by atoms with Gasteiger partial charge in [-0.15, -0.1) is 0 Å². The normalized spacial score (nSPS) is 17.5. The van der Waals surface area contributed by atoms with Crippen LogP contribution < -0.4 is 4.72 Å². The molecule has 0 atom stereocenters. The lowest BCUT2D eigenvalue weighted by Gasteiger charge is -2.40. The van der Waals surface area contributed by atoms with Crippen molar-refractivity contribution in [3.63, 3.8) is 0 Å². The summed E-state index contributed by atoms with van der Waals surface area (Å²) < 4.78 is 26.9. The summed E-state index contributed by atoms with van der Waals surface area (Å²) in [6.45, 7) is -0.286. The molecular weight excluding hydrogens is 306 g/mol. The molecule has 1 saturated carbocycles. The minimum atomic E-state index is -3.90. The maximum Gasteiger partial charge on any atom is 0.337 e. The molecule has 3 N–H and O–H groups in total. The Labute approximate surface area is 121 Å². The van der Waals surface area contributed by atoms with Crippen molar-refractivity contribution in [2.24, 2.45) is 0 Å². The van der Waals surface area contributed by atoms with E-state index in [9.17, 15) is 18.3 Å². The highest BCUT2D eigenvalue weighted by Crippen LogP contribution is 2.33. The second-order valence-corrected chi connectivity index (χ2v) is 6.93. The first-order valence-corrected chi connectivity index (χ1v) is 7.83. The van der Waals surface area contributed by atoms with Gasteiger partial charge in [0.1, 0.15) is 0 Å². The molecule has 0 aliphatic heterocycles. The average Bonchev–Trinajstić information content (AvgIpc) is 2.34. The van der Waals surface area contributed by atoms with E-state index in [-0.39, 0.29) is 22.1 Å². The van der Waals surface area contributed by atoms with Crippen molar-refractivity contribution in [3.8, 4) is 0 Å². The van der Waals surface area contributed by atoms with E-state index in [2.05, 4.69) is 4.72 Å². The molecule has 8 heteroatoms. The molecule has 1 fully saturated rings. The van der Waals surface area contributed by atoms with Gasteiger partial charge in [0.15, 0.2) is 0 Å². The van der Waals surface area contributed by atoms with Crippen LogP contribution in [-0.2, 0) is 10.0 Å². The van der Waals surface area contributed by atoms with E-state index in [4.69, 9.17) is 16.7 Å². The Morgan fingerprint density at radius 1 is 1.40 bits per heavy atom. The summed E-state index contributed by atoms with van der Waals surface area (Å²) in [6.07, 6.45) is 1.95. The highest BCUT2D eigenvalue weighted by Gasteiger charge is 2.40. The number of rotatable bonds is 5. The highest BCUT2D eigenvalue weighted by molar-refractivity contribution is 7.89. The van der Waals surface area contributed by atoms with E-state index in [1.165, 1.54) is 12.1 Å². The minimum Gasteiger partial charge on any atom is -0.478 e. The molecule has 110 valence electrons. The number of carboxylic acids is 1. The van der Waals surface area contributed by atoms with Gasteiger partial charge in [-0.2, -0.15) is 0 Å². The van der Waals surface area contributed by atoms with E-state index in [1.807, 2.05) is 0 Å². The molecule has 1 aromatic carbocycles. The van der Waals surface area contributed by atoms with Gasteiger partial charge in [-0.05, 0) is 37.5 Å². The standard InChI is InChI=1S/C12H14ClNO5S/c13-10-3-2-8(6-9(10)11(16)17)20(18,19)14-12(7-15)4-1-5-12/h2-3,6,14-15H,1,4-5,7H2,(H,16,17). The number of nitrogens with one attached hydrogen (secondary N) is 1. The molecule has 0 heterocycles. The van der Waals surface area contributed by atoms with Gasteiger partial charge in [-0.3, -0.25) is 0 Å². The van der Waals surface area contributed by atoms with Crippen LogP contribution in [0, 0.1) is 0 Å². The first-order valence-electron chi connectivity index (χ1n) is 5.97. The minimum absolute atomic E-state index is 0.0306. The topological polar surface area (TPSA) is 104 Å². The third kappa shape index (κ3) is 2.80. The van der Waals surface area contributed by atoms with Gasteiger partial charge in [-0.1, -0.05) is 11.6 Å². The molecule has 2 rings (SSSR count). The van der Waals surface area contributed by atoms with E-state index >= 15 is 0 Å². The number of halogens is 1. The van der Waals surface area contributed by atoms with Gasteiger partial charge in [0.25, 0.3) is 0 Å². The summed E-state index contributed by atoms with van der Waals surface area (Å²) in [5.74, 6) is -1.30. The molecule has 1 aliphatic carbocycles. The predicted molar refractivity (Wildman–Crippen MR) is 72.4 cm³/mol. The molecule has 0 unspecified atom stereocenters. The first kappa shape index (κ1) is 15.2. The van der Waals surface area contributed by atoms with Crippen molar-refractivity contribution in [1.82, 2.24) is 4.72 Å². The van der Waals surface area contributed by atoms with Crippen molar-refractivity contribution in [3.05, 3.63) is 28.8 Å². The van der Waals surface area contributed by atoms with Crippen LogP contribution in [0.15, 0.2) is 23.1 Å². The monoisotopic (exact) mass is 319 g/mol. The van der Waals surface area contributed by atoms with Crippen LogP contribution in [0.1, 0.15) is 29.6 Å². The molecule has 6 nitrogen and oxygen atoms in total. The van der Waals surface area contributed by atoms with Gasteiger partial charge < -0.3 is 10.2 Å². The Morgan fingerprint density at radius 3 is 2.50 bits per heavy atom. The second kappa shape index (κ2) is 5.33. The summed E-state index contributed by atoms with van der Waals surface area (Å²) in [7, 11) is -3.90. The molecule has 1 aromatic rings. The van der Waals surface area contributed by atoms with Gasteiger partial charge in [-0.25, -0.2) is 17.9 Å². The fourth-order valence-electron chi connectivity index (χ4n) is 2.08. The van der Waals surface area contributed by atoms with Gasteiger partial charge in [0, 0.05) is 0 Å². The highest BCUT2D eigenvalue weighted by atomic mass is 35.5. The Balaban J connectivity index is 2.35. The Hall–Kier alpha value is -1.15. The number of benzene rings is 1. The lowest BCUT2D eigenvalue weighted by molar-refractivity contribution is 0.0697. The fourth-order valence-corrected chi connectivity index (χ4v) is 3.75. The molecule has 20 heavy (non-hydrogen) atoms. The smallest absolute Gasteiger partial charge is 0.337 e. The van der Waals surface area contributed by atoms with Gasteiger partial charge >= 0.3 is 5.97 Å². The van der Waals surface area contributed by atoms with Crippen LogP contribution in [0.2, 0.25) is 5.02 Å². The quantitative estimate of drug-likeness (QED) is 0.757. The van der Waals surface area contributed by atoms with Crippen molar-refractivity contribution >= 4 is 27.6 Å². The van der Waals surface area contributed by atoms with E-state index in [0.717, 1.165) is 12.5 Å². The predicted octanol–water partition coefficient (Wildman–Crippen LogP) is 1.23. The molecule has 0 spiro atoms. The zero-order valence-electron chi connectivity index (χ0n) is 10.5. The number of sulfonamides is 1. The maximum atomic E-state index is 12.2. The van der Waals surface area contributed by atoms with Crippen molar-refractivity contribution in [2.75, 3.05) is 6.61 Å². The van der Waals surface area contributed by atoms with E-state index in [0.29, 0.717) is 12.8 Å². The molecule has 0 aromatic heterocycles. The Kier molecular flexibility index (Phi) is 4.06. The summed E-state index contributed by atoms with van der Waals surface area (Å²) in [5, 5.41) is 18.2. The van der Waals surface area contributed by atoms with Crippen LogP contribution in [-0.4, -0.2) is 36.7 Å². The average molecular weight is 320 g/mol. The van der Waals surface area contributed by atoms with E-state index < -0.39 is 21.5 Å². The number of hydrogen-bond acceptors (Lipinski definition) is 4. The fraction of sp³-hybridized carbons (Fsp3) is 0.417. The number of hydrogen-bond donors (Lipinski definition) is 3. The first-order chi connectivity index (χ1) is 9.30. The number of carbonyl (C=O) groups is 1. The maximum absolute atomic E-state index is 12.2. The summed E-state index contributed by atoms with van der Waals surface area (Å²) >= 11 is 5.70.